The largest absolute Gasteiger partial charge is 0.465 e. The molecule has 1 N–H and O–H groups in total. The van der Waals surface area contributed by atoms with Crippen LogP contribution in [0.2, 0.25) is 0 Å². The molecule has 1 aliphatic heterocycles. The molecule has 0 radical (unpaired) electrons. The molecule has 5 nitrogen and oxygen atoms in total. The minimum absolute atomic E-state index is 0.0347. The number of carbonyl (C=O) groups excluding carboxylic acids is 2. The van der Waals surface area contributed by atoms with E-state index >= 15 is 0 Å². The number of rotatable bonds is 4. The lowest BCUT2D eigenvalue weighted by molar-refractivity contribution is -0.176. The molecule has 1 heterocycles. The normalized spacial score (nSPS) is 30.0. The molecule has 0 aromatic rings. The minimum atomic E-state index is -1.31. The Balaban J connectivity index is 2.21. The predicted molar refractivity (Wildman–Crippen MR) is 72.2 cm³/mol. The van der Waals surface area contributed by atoms with Crippen LogP contribution in [0.4, 0.5) is 0 Å². The van der Waals surface area contributed by atoms with Crippen LogP contribution in [0.5, 0.6) is 0 Å². The first-order chi connectivity index (χ1) is 9.52. The van der Waals surface area contributed by atoms with Crippen molar-refractivity contribution in [2.75, 3.05) is 19.8 Å². The lowest BCUT2D eigenvalue weighted by Gasteiger charge is -2.41. The molecule has 2 rings (SSSR count). The quantitative estimate of drug-likeness (QED) is 0.627. The fourth-order valence-corrected chi connectivity index (χ4v) is 3.34. The van der Waals surface area contributed by atoms with Gasteiger partial charge in [-0.05, 0) is 19.8 Å². The molecule has 0 spiro atoms. The molecule has 2 aliphatic rings. The van der Waals surface area contributed by atoms with Gasteiger partial charge in [0.1, 0.15) is 0 Å². The molecule has 0 amide bonds. The zero-order valence-corrected chi connectivity index (χ0v) is 12.2. The van der Waals surface area contributed by atoms with E-state index in [1.807, 2.05) is 0 Å². The third-order valence-electron chi connectivity index (χ3n) is 4.44. The maximum atomic E-state index is 12.4. The number of esters is 1. The smallest absolute Gasteiger partial charge is 0.322 e. The zero-order chi connectivity index (χ0) is 14.6. The lowest BCUT2D eigenvalue weighted by atomic mass is 9.68. The number of ketones is 1. The van der Waals surface area contributed by atoms with Gasteiger partial charge >= 0.3 is 5.97 Å². The second kappa shape index (κ2) is 6.22. The van der Waals surface area contributed by atoms with E-state index in [1.165, 1.54) is 0 Å². The van der Waals surface area contributed by atoms with Crippen molar-refractivity contribution in [2.24, 2.45) is 5.41 Å². The van der Waals surface area contributed by atoms with E-state index in [1.54, 1.807) is 6.92 Å². The van der Waals surface area contributed by atoms with Crippen LogP contribution < -0.4 is 0 Å². The van der Waals surface area contributed by atoms with Crippen molar-refractivity contribution in [3.8, 4) is 0 Å². The molecule has 0 aromatic heterocycles. The number of Topliss-reactive ketones (excluding diaryl/α,β-unsaturated/α-hetero) is 1. The van der Waals surface area contributed by atoms with Crippen LogP contribution in [-0.4, -0.2) is 42.3 Å². The Labute approximate surface area is 119 Å². The van der Waals surface area contributed by atoms with Gasteiger partial charge in [0.25, 0.3) is 0 Å². The summed E-state index contributed by atoms with van der Waals surface area (Å²) in [5, 5.41) is 10.7. The van der Waals surface area contributed by atoms with Gasteiger partial charge < -0.3 is 14.6 Å². The summed E-state index contributed by atoms with van der Waals surface area (Å²) in [6.45, 7) is 2.33. The number of carbonyl (C=O) groups is 2. The molecule has 0 bridgehead atoms. The van der Waals surface area contributed by atoms with E-state index in [0.717, 1.165) is 19.3 Å². The first-order valence-corrected chi connectivity index (χ1v) is 7.53. The summed E-state index contributed by atoms with van der Waals surface area (Å²) in [5.74, 6) is -0.690. The molecule has 1 aliphatic carbocycles. The van der Waals surface area contributed by atoms with Gasteiger partial charge in [0.15, 0.2) is 11.2 Å². The number of hydrogen-bond acceptors (Lipinski definition) is 5. The van der Waals surface area contributed by atoms with E-state index in [9.17, 15) is 14.7 Å². The van der Waals surface area contributed by atoms with Gasteiger partial charge in [0, 0.05) is 12.8 Å². The predicted octanol–water partition coefficient (Wildman–Crippen LogP) is 1.61. The van der Waals surface area contributed by atoms with Gasteiger partial charge in [-0.1, -0.05) is 19.3 Å². The maximum absolute atomic E-state index is 12.4. The van der Waals surface area contributed by atoms with Crippen molar-refractivity contribution >= 4 is 11.8 Å². The van der Waals surface area contributed by atoms with Crippen molar-refractivity contribution in [3.63, 3.8) is 0 Å². The first-order valence-electron chi connectivity index (χ1n) is 7.53. The standard InChI is InChI=1S/C15H24O5/c1-2-20-13(17)15(11-19-9-6-12(15)16)10-14(18)7-4-3-5-8-14/h18H,2-11H2,1H3. The highest BCUT2D eigenvalue weighted by Crippen LogP contribution is 2.41. The molecule has 1 saturated heterocycles. The minimum Gasteiger partial charge on any atom is -0.465 e. The summed E-state index contributed by atoms with van der Waals surface area (Å²) < 4.78 is 10.5. The molecule has 2 fully saturated rings. The van der Waals surface area contributed by atoms with Gasteiger partial charge in [-0.15, -0.1) is 0 Å². The van der Waals surface area contributed by atoms with E-state index in [2.05, 4.69) is 0 Å². The number of hydrogen-bond donors (Lipinski definition) is 1. The van der Waals surface area contributed by atoms with E-state index in [0.29, 0.717) is 19.4 Å². The Hall–Kier alpha value is -0.940. The lowest BCUT2D eigenvalue weighted by Crippen LogP contribution is -2.53. The summed E-state index contributed by atoms with van der Waals surface area (Å²) in [4.78, 5) is 24.7. The highest BCUT2D eigenvalue weighted by Gasteiger charge is 2.53. The van der Waals surface area contributed by atoms with Gasteiger partial charge in [-0.25, -0.2) is 0 Å². The van der Waals surface area contributed by atoms with E-state index in [4.69, 9.17) is 9.47 Å². The van der Waals surface area contributed by atoms with Crippen molar-refractivity contribution in [1.29, 1.82) is 0 Å². The third kappa shape index (κ3) is 3.04. The van der Waals surface area contributed by atoms with Gasteiger partial charge in [-0.2, -0.15) is 0 Å². The summed E-state index contributed by atoms with van der Waals surface area (Å²) in [6.07, 6.45) is 4.60. The van der Waals surface area contributed by atoms with Crippen LogP contribution in [0.15, 0.2) is 0 Å². The Morgan fingerprint density at radius 1 is 1.35 bits per heavy atom. The number of ether oxygens (including phenoxy) is 2. The average Bonchev–Trinajstić information content (AvgIpc) is 2.42. The second-order valence-electron chi connectivity index (χ2n) is 5.99. The average molecular weight is 284 g/mol. The fraction of sp³-hybridized carbons (Fsp3) is 0.867. The van der Waals surface area contributed by atoms with Crippen LogP contribution >= 0.6 is 0 Å². The maximum Gasteiger partial charge on any atom is 0.322 e. The first kappa shape index (κ1) is 15.4. The molecule has 5 heteroatoms. The Bertz CT molecular complexity index is 372. The van der Waals surface area contributed by atoms with Crippen molar-refractivity contribution in [2.45, 2.75) is 57.5 Å². The summed E-state index contributed by atoms with van der Waals surface area (Å²) >= 11 is 0. The van der Waals surface area contributed by atoms with Crippen LogP contribution in [0.1, 0.15) is 51.9 Å². The van der Waals surface area contributed by atoms with Crippen molar-refractivity contribution in [1.82, 2.24) is 0 Å². The van der Waals surface area contributed by atoms with E-state index < -0.39 is 17.0 Å². The van der Waals surface area contributed by atoms with Crippen LogP contribution in [0.3, 0.4) is 0 Å². The van der Waals surface area contributed by atoms with Gasteiger partial charge in [0.05, 0.1) is 25.4 Å². The van der Waals surface area contributed by atoms with Crippen molar-refractivity contribution in [3.05, 3.63) is 0 Å². The molecule has 1 atom stereocenters. The molecule has 114 valence electrons. The molecular weight excluding hydrogens is 260 g/mol. The topological polar surface area (TPSA) is 72.8 Å². The SMILES string of the molecule is CCOC(=O)C1(CC2(O)CCCCC2)COCCC1=O. The zero-order valence-electron chi connectivity index (χ0n) is 12.2. The summed E-state index contributed by atoms with van der Waals surface area (Å²) in [6, 6.07) is 0. The van der Waals surface area contributed by atoms with Crippen molar-refractivity contribution < 1.29 is 24.2 Å². The molecule has 1 saturated carbocycles. The van der Waals surface area contributed by atoms with E-state index in [-0.39, 0.29) is 31.8 Å². The summed E-state index contributed by atoms with van der Waals surface area (Å²) in [5.41, 5.74) is -2.25. The highest BCUT2D eigenvalue weighted by molar-refractivity contribution is 6.04. The number of aliphatic hydroxyl groups is 1. The fourth-order valence-electron chi connectivity index (χ4n) is 3.34. The second-order valence-corrected chi connectivity index (χ2v) is 5.99. The third-order valence-corrected chi connectivity index (χ3v) is 4.44. The van der Waals surface area contributed by atoms with Gasteiger partial charge in [-0.3, -0.25) is 9.59 Å². The molecule has 1 unspecified atom stereocenters. The Morgan fingerprint density at radius 3 is 2.65 bits per heavy atom. The Kier molecular flexibility index (Phi) is 4.81. The van der Waals surface area contributed by atoms with Crippen LogP contribution in [-0.2, 0) is 19.1 Å². The highest BCUT2D eigenvalue weighted by atomic mass is 16.5. The monoisotopic (exact) mass is 284 g/mol. The van der Waals surface area contributed by atoms with Crippen LogP contribution in [0.25, 0.3) is 0 Å². The molecule has 0 aromatic carbocycles. The van der Waals surface area contributed by atoms with Gasteiger partial charge in [0.2, 0.25) is 0 Å². The molecule has 20 heavy (non-hydrogen) atoms. The van der Waals surface area contributed by atoms with Crippen LogP contribution in [0, 0.1) is 5.41 Å². The summed E-state index contributed by atoms with van der Waals surface area (Å²) in [7, 11) is 0. The Morgan fingerprint density at radius 2 is 2.05 bits per heavy atom. The molecular formula is C15H24O5.